The van der Waals surface area contributed by atoms with Gasteiger partial charge in [-0.05, 0) is 50.5 Å². The second-order valence-corrected chi connectivity index (χ2v) is 10.8. The zero-order chi connectivity index (χ0) is 20.4. The first-order chi connectivity index (χ1) is 13.7. The number of primary amides is 1. The molecule has 0 aromatic rings. The highest BCUT2D eigenvalue weighted by molar-refractivity contribution is 5.92. The third-order valence-corrected chi connectivity index (χ3v) is 10.1. The molecule has 2 saturated heterocycles. The first-order valence-corrected chi connectivity index (χ1v) is 11.1. The average molecular weight is 399 g/mol. The van der Waals surface area contributed by atoms with Crippen LogP contribution in [0.15, 0.2) is 11.6 Å². The number of carbonyl (C=O) groups excluding carboxylic acids is 3. The van der Waals surface area contributed by atoms with Crippen LogP contribution in [0.5, 0.6) is 0 Å². The van der Waals surface area contributed by atoms with Crippen molar-refractivity contribution in [3.05, 3.63) is 11.6 Å². The fourth-order valence-corrected chi connectivity index (χ4v) is 8.58. The van der Waals surface area contributed by atoms with Crippen molar-refractivity contribution in [2.24, 2.45) is 34.3 Å². The van der Waals surface area contributed by atoms with E-state index in [9.17, 15) is 14.4 Å². The highest BCUT2D eigenvalue weighted by Gasteiger charge is 2.83. The molecule has 6 nitrogen and oxygen atoms in total. The minimum absolute atomic E-state index is 0.0257. The lowest BCUT2D eigenvalue weighted by Gasteiger charge is -2.58. The summed E-state index contributed by atoms with van der Waals surface area (Å²) in [6.45, 7) is 4.49. The van der Waals surface area contributed by atoms with Gasteiger partial charge in [-0.3, -0.25) is 14.4 Å². The number of amides is 1. The third kappa shape index (κ3) is 1.86. The summed E-state index contributed by atoms with van der Waals surface area (Å²) in [5.74, 6) is -0.316. The lowest BCUT2D eigenvalue weighted by molar-refractivity contribution is -0.167. The number of ether oxygens (including phenoxy) is 2. The van der Waals surface area contributed by atoms with E-state index < -0.39 is 11.2 Å². The molecule has 29 heavy (non-hydrogen) atoms. The van der Waals surface area contributed by atoms with Gasteiger partial charge in [-0.1, -0.05) is 19.4 Å². The SMILES string of the molecule is C[C@]12CCC(=O)C=C1C[C@@H](C(N)=O)C1C3CC[C@@]4(CCC(=O)O4)[C@@]3(C)C[C@@H]3O[C@@]132. The van der Waals surface area contributed by atoms with E-state index in [0.29, 0.717) is 19.3 Å². The molecular weight excluding hydrogens is 370 g/mol. The first kappa shape index (κ1) is 18.1. The van der Waals surface area contributed by atoms with Crippen LogP contribution >= 0.6 is 0 Å². The maximum Gasteiger partial charge on any atom is 0.306 e. The average Bonchev–Trinajstić information content (AvgIpc) is 3.14. The maximum absolute atomic E-state index is 12.7. The molecule has 2 spiro atoms. The Labute approximate surface area is 170 Å². The van der Waals surface area contributed by atoms with Crippen LogP contribution in [0.4, 0.5) is 0 Å². The largest absolute Gasteiger partial charge is 0.458 e. The summed E-state index contributed by atoms with van der Waals surface area (Å²) in [5.41, 5.74) is 5.77. The zero-order valence-electron chi connectivity index (χ0n) is 17.2. The van der Waals surface area contributed by atoms with Crippen molar-refractivity contribution in [3.8, 4) is 0 Å². The Morgan fingerprint density at radius 2 is 1.97 bits per heavy atom. The number of rotatable bonds is 1. The van der Waals surface area contributed by atoms with E-state index in [2.05, 4.69) is 13.8 Å². The highest BCUT2D eigenvalue weighted by Crippen LogP contribution is 2.78. The molecule has 4 aliphatic carbocycles. The molecule has 3 saturated carbocycles. The maximum atomic E-state index is 12.7. The van der Waals surface area contributed by atoms with Crippen LogP contribution in [-0.2, 0) is 23.9 Å². The summed E-state index contributed by atoms with van der Waals surface area (Å²) in [6.07, 6.45) is 7.57. The molecule has 2 unspecified atom stereocenters. The van der Waals surface area contributed by atoms with Crippen molar-refractivity contribution >= 4 is 17.7 Å². The number of fused-ring (bicyclic) bond motifs is 4. The number of nitrogens with two attached hydrogens (primary N) is 1. The van der Waals surface area contributed by atoms with Gasteiger partial charge in [-0.15, -0.1) is 0 Å². The lowest BCUT2D eigenvalue weighted by atomic mass is 9.43. The Morgan fingerprint density at radius 1 is 1.17 bits per heavy atom. The summed E-state index contributed by atoms with van der Waals surface area (Å²) in [5, 5.41) is 0. The van der Waals surface area contributed by atoms with Crippen molar-refractivity contribution in [2.75, 3.05) is 0 Å². The van der Waals surface area contributed by atoms with Gasteiger partial charge in [0.05, 0.1) is 6.10 Å². The highest BCUT2D eigenvalue weighted by atomic mass is 16.6. The molecule has 6 heteroatoms. The molecule has 1 amide bonds. The number of hydrogen-bond acceptors (Lipinski definition) is 5. The van der Waals surface area contributed by atoms with E-state index in [1.807, 2.05) is 0 Å². The molecule has 0 aromatic heterocycles. The summed E-state index contributed by atoms with van der Waals surface area (Å²) >= 11 is 0. The lowest BCUT2D eigenvalue weighted by Crippen LogP contribution is -2.63. The predicted molar refractivity (Wildman–Crippen MR) is 102 cm³/mol. The fraction of sp³-hybridized carbons (Fsp3) is 0.783. The molecule has 2 aliphatic heterocycles. The van der Waals surface area contributed by atoms with Crippen LogP contribution < -0.4 is 5.73 Å². The van der Waals surface area contributed by atoms with E-state index in [4.69, 9.17) is 15.2 Å². The quantitative estimate of drug-likeness (QED) is 0.539. The van der Waals surface area contributed by atoms with E-state index in [-0.39, 0.29) is 52.3 Å². The monoisotopic (exact) mass is 399 g/mol. The normalized spacial score (nSPS) is 54.8. The second-order valence-electron chi connectivity index (χ2n) is 10.8. The number of ketones is 1. The van der Waals surface area contributed by atoms with Crippen LogP contribution in [0.3, 0.4) is 0 Å². The smallest absolute Gasteiger partial charge is 0.306 e. The third-order valence-electron chi connectivity index (χ3n) is 10.1. The Balaban J connectivity index is 1.49. The van der Waals surface area contributed by atoms with Gasteiger partial charge >= 0.3 is 5.97 Å². The Bertz CT molecular complexity index is 896. The molecule has 2 heterocycles. The van der Waals surface area contributed by atoms with E-state index in [1.54, 1.807) is 6.08 Å². The fourth-order valence-electron chi connectivity index (χ4n) is 8.58. The minimum Gasteiger partial charge on any atom is -0.458 e. The standard InChI is InChI=1S/C23H29NO5/c1-20-6-3-13(25)9-12(20)10-14(19(24)27)18-15-4-7-22(8-5-17(26)29-22)21(15,2)11-16-23(18,20)28-16/h9,14-16,18H,3-8,10-11H2,1-2H3,(H2,24,27)/t14-,15?,16+,18?,20+,21+,22-,23-/m1/s1. The number of esters is 1. The van der Waals surface area contributed by atoms with Gasteiger partial charge in [0.1, 0.15) is 11.2 Å². The summed E-state index contributed by atoms with van der Waals surface area (Å²) in [4.78, 5) is 36.9. The summed E-state index contributed by atoms with van der Waals surface area (Å²) in [6, 6.07) is 0. The van der Waals surface area contributed by atoms with E-state index in [0.717, 1.165) is 37.7 Å². The molecule has 8 atom stereocenters. The van der Waals surface area contributed by atoms with Gasteiger partial charge in [0.25, 0.3) is 0 Å². The zero-order valence-corrected chi connectivity index (χ0v) is 17.2. The molecule has 0 aromatic carbocycles. The van der Waals surface area contributed by atoms with Crippen LogP contribution in [0.2, 0.25) is 0 Å². The minimum atomic E-state index is -0.422. The van der Waals surface area contributed by atoms with Crippen molar-refractivity contribution in [1.82, 2.24) is 0 Å². The topological polar surface area (TPSA) is 99.0 Å². The summed E-state index contributed by atoms with van der Waals surface area (Å²) in [7, 11) is 0. The van der Waals surface area contributed by atoms with E-state index in [1.165, 1.54) is 0 Å². The number of carbonyl (C=O) groups is 3. The van der Waals surface area contributed by atoms with Crippen LogP contribution in [0, 0.1) is 28.6 Å². The van der Waals surface area contributed by atoms with Crippen LogP contribution in [0.25, 0.3) is 0 Å². The summed E-state index contributed by atoms with van der Waals surface area (Å²) < 4.78 is 12.6. The van der Waals surface area contributed by atoms with Crippen molar-refractivity contribution in [2.45, 2.75) is 82.5 Å². The van der Waals surface area contributed by atoms with Crippen molar-refractivity contribution in [1.29, 1.82) is 0 Å². The van der Waals surface area contributed by atoms with Gasteiger partial charge in [-0.2, -0.15) is 0 Å². The molecule has 2 N–H and O–H groups in total. The number of epoxide rings is 1. The first-order valence-electron chi connectivity index (χ1n) is 11.1. The Kier molecular flexibility index (Phi) is 3.20. The van der Waals surface area contributed by atoms with Gasteiger partial charge < -0.3 is 15.2 Å². The van der Waals surface area contributed by atoms with Gasteiger partial charge in [0.2, 0.25) is 5.91 Å². The molecule has 5 fully saturated rings. The Morgan fingerprint density at radius 3 is 2.66 bits per heavy atom. The number of hydrogen-bond donors (Lipinski definition) is 1. The molecule has 0 bridgehead atoms. The van der Waals surface area contributed by atoms with Gasteiger partial charge in [0, 0.05) is 35.5 Å². The van der Waals surface area contributed by atoms with Crippen LogP contribution in [-0.4, -0.2) is 35.0 Å². The predicted octanol–water partition coefficient (Wildman–Crippen LogP) is 2.44. The van der Waals surface area contributed by atoms with Crippen molar-refractivity contribution in [3.63, 3.8) is 0 Å². The second kappa shape index (κ2) is 5.13. The molecule has 156 valence electrons. The Hall–Kier alpha value is -1.69. The molecule has 6 rings (SSSR count). The van der Waals surface area contributed by atoms with Gasteiger partial charge in [-0.25, -0.2) is 0 Å². The van der Waals surface area contributed by atoms with E-state index >= 15 is 0 Å². The van der Waals surface area contributed by atoms with Gasteiger partial charge in [0.15, 0.2) is 5.78 Å². The molecule has 6 aliphatic rings. The molecule has 0 radical (unpaired) electrons. The van der Waals surface area contributed by atoms with Crippen molar-refractivity contribution < 1.29 is 23.9 Å². The van der Waals surface area contributed by atoms with Crippen LogP contribution in [0.1, 0.15) is 65.2 Å². The molecular formula is C23H29NO5.